The molecule has 0 nitrogen and oxygen atoms in total. The molecule has 0 heteroatoms. The zero-order valence-electron chi connectivity index (χ0n) is 9.40. The summed E-state index contributed by atoms with van der Waals surface area (Å²) in [5.74, 6) is 2.09. The van der Waals surface area contributed by atoms with E-state index in [1.165, 1.54) is 38.5 Å². The second-order valence-corrected chi connectivity index (χ2v) is 3.81. The van der Waals surface area contributed by atoms with Crippen LogP contribution in [0.3, 0.4) is 0 Å². The first kappa shape index (κ1) is 12.0. The second-order valence-electron chi connectivity index (χ2n) is 3.81. The van der Waals surface area contributed by atoms with Crippen LogP contribution in [0.15, 0.2) is 0 Å². The van der Waals surface area contributed by atoms with Crippen molar-refractivity contribution in [2.75, 3.05) is 0 Å². The topological polar surface area (TPSA) is 0 Å². The third kappa shape index (κ3) is 4.13. The molecule has 0 N–H and O–H groups in total. The van der Waals surface area contributed by atoms with Gasteiger partial charge in [0.25, 0.3) is 0 Å². The van der Waals surface area contributed by atoms with E-state index in [1.54, 1.807) is 0 Å². The van der Waals surface area contributed by atoms with Gasteiger partial charge in [-0.25, -0.2) is 0 Å². The average molecular weight is 170 g/mol. The molecule has 1 fully saturated rings. The van der Waals surface area contributed by atoms with E-state index in [4.69, 9.17) is 0 Å². The lowest BCUT2D eigenvalue weighted by atomic mass is 9.78. The molecule has 0 amide bonds. The van der Waals surface area contributed by atoms with E-state index in [9.17, 15) is 0 Å². The van der Waals surface area contributed by atoms with Crippen LogP contribution in [0.2, 0.25) is 0 Å². The summed E-state index contributed by atoms with van der Waals surface area (Å²) in [5, 5.41) is 0. The van der Waals surface area contributed by atoms with Gasteiger partial charge in [-0.05, 0) is 11.8 Å². The lowest BCUT2D eigenvalue weighted by Crippen LogP contribution is -2.15. The molecule has 1 saturated carbocycles. The van der Waals surface area contributed by atoms with Gasteiger partial charge in [0, 0.05) is 0 Å². The second kappa shape index (κ2) is 7.64. The van der Waals surface area contributed by atoms with Crippen LogP contribution in [-0.2, 0) is 0 Å². The van der Waals surface area contributed by atoms with Crippen LogP contribution in [0.5, 0.6) is 0 Å². The number of hydrogen-bond donors (Lipinski definition) is 0. The van der Waals surface area contributed by atoms with Crippen LogP contribution in [0.1, 0.15) is 66.2 Å². The van der Waals surface area contributed by atoms with E-state index >= 15 is 0 Å². The van der Waals surface area contributed by atoms with Gasteiger partial charge >= 0.3 is 0 Å². The van der Waals surface area contributed by atoms with Gasteiger partial charge in [-0.3, -0.25) is 0 Å². The van der Waals surface area contributed by atoms with Crippen molar-refractivity contribution in [2.45, 2.75) is 66.2 Å². The number of hydrogen-bond acceptors (Lipinski definition) is 0. The van der Waals surface area contributed by atoms with E-state index in [1.807, 2.05) is 13.8 Å². The lowest BCUT2D eigenvalue weighted by Gasteiger charge is -2.28. The Morgan fingerprint density at radius 3 is 2.17 bits per heavy atom. The third-order valence-corrected chi connectivity index (χ3v) is 2.95. The summed E-state index contributed by atoms with van der Waals surface area (Å²) in [4.78, 5) is 0. The molecule has 0 bridgehead atoms. The molecule has 2 atom stereocenters. The maximum absolute atomic E-state index is 2.43. The van der Waals surface area contributed by atoms with Crippen molar-refractivity contribution in [1.82, 2.24) is 0 Å². The van der Waals surface area contributed by atoms with E-state index in [0.717, 1.165) is 11.8 Å². The summed E-state index contributed by atoms with van der Waals surface area (Å²) in [6.07, 6.45) is 8.84. The summed E-state index contributed by atoms with van der Waals surface area (Å²) in [6, 6.07) is 0. The van der Waals surface area contributed by atoms with Gasteiger partial charge in [0.05, 0.1) is 0 Å². The Bertz CT molecular complexity index is 84.0. The molecular formula is C12H26. The summed E-state index contributed by atoms with van der Waals surface area (Å²) < 4.78 is 0. The molecule has 12 heavy (non-hydrogen) atoms. The first-order valence-corrected chi connectivity index (χ1v) is 5.84. The van der Waals surface area contributed by atoms with E-state index < -0.39 is 0 Å². The fourth-order valence-corrected chi connectivity index (χ4v) is 2.19. The van der Waals surface area contributed by atoms with E-state index in [0.29, 0.717) is 0 Å². The van der Waals surface area contributed by atoms with Crippen molar-refractivity contribution < 1.29 is 0 Å². The molecule has 0 saturated heterocycles. The normalized spacial score (nSPS) is 29.0. The molecule has 0 aromatic carbocycles. The van der Waals surface area contributed by atoms with Crippen molar-refractivity contribution in [3.8, 4) is 0 Å². The summed E-state index contributed by atoms with van der Waals surface area (Å²) in [5.41, 5.74) is 0. The fraction of sp³-hybridized carbons (Fsp3) is 1.00. The van der Waals surface area contributed by atoms with E-state index in [-0.39, 0.29) is 0 Å². The molecular weight excluding hydrogens is 144 g/mol. The minimum atomic E-state index is 1.02. The van der Waals surface area contributed by atoms with Gasteiger partial charge in [0.1, 0.15) is 0 Å². The minimum Gasteiger partial charge on any atom is -0.0683 e. The molecule has 0 aromatic heterocycles. The van der Waals surface area contributed by atoms with Crippen LogP contribution in [0.25, 0.3) is 0 Å². The fourth-order valence-electron chi connectivity index (χ4n) is 2.19. The molecule has 1 aliphatic rings. The van der Waals surface area contributed by atoms with Crippen LogP contribution in [-0.4, -0.2) is 0 Å². The van der Waals surface area contributed by atoms with Crippen LogP contribution in [0, 0.1) is 11.8 Å². The number of rotatable bonds is 2. The van der Waals surface area contributed by atoms with Gasteiger partial charge < -0.3 is 0 Å². The molecule has 1 aliphatic carbocycles. The Hall–Kier alpha value is 0. The molecule has 0 radical (unpaired) electrons. The Morgan fingerprint density at radius 1 is 1.08 bits per heavy atom. The van der Waals surface area contributed by atoms with Crippen molar-refractivity contribution in [2.24, 2.45) is 11.8 Å². The predicted octanol–water partition coefficient (Wildman–Crippen LogP) is 4.64. The zero-order valence-corrected chi connectivity index (χ0v) is 9.40. The SMILES string of the molecule is CC.CCC[C@H]1CCCC[C@@H]1C. The highest BCUT2D eigenvalue weighted by Gasteiger charge is 2.19. The van der Waals surface area contributed by atoms with Crippen molar-refractivity contribution in [3.05, 3.63) is 0 Å². The lowest BCUT2D eigenvalue weighted by molar-refractivity contribution is 0.240. The molecule has 74 valence electrons. The van der Waals surface area contributed by atoms with Gasteiger partial charge in [-0.2, -0.15) is 0 Å². The molecule has 1 rings (SSSR count). The smallest absolute Gasteiger partial charge is 0.0389 e. The summed E-state index contributed by atoms with van der Waals surface area (Å²) >= 11 is 0. The maximum atomic E-state index is 2.43. The Kier molecular flexibility index (Phi) is 7.64. The van der Waals surface area contributed by atoms with Crippen LogP contribution >= 0.6 is 0 Å². The first-order chi connectivity index (χ1) is 5.84. The molecule has 0 aliphatic heterocycles. The Morgan fingerprint density at radius 2 is 1.67 bits per heavy atom. The Labute approximate surface area is 78.8 Å². The van der Waals surface area contributed by atoms with Crippen LogP contribution in [0.4, 0.5) is 0 Å². The average Bonchev–Trinajstić information content (AvgIpc) is 2.13. The first-order valence-electron chi connectivity index (χ1n) is 5.84. The van der Waals surface area contributed by atoms with Gasteiger partial charge in [-0.1, -0.05) is 66.2 Å². The molecule has 0 unspecified atom stereocenters. The summed E-state index contributed by atoms with van der Waals surface area (Å²) in [6.45, 7) is 8.74. The standard InChI is InChI=1S/C10H20.C2H6/c1-3-6-10-8-5-4-7-9(10)2;1-2/h9-10H,3-8H2,1-2H3;1-2H3/t9-,10-;/m0./s1. The van der Waals surface area contributed by atoms with Crippen molar-refractivity contribution in [3.63, 3.8) is 0 Å². The van der Waals surface area contributed by atoms with Crippen molar-refractivity contribution >= 4 is 0 Å². The summed E-state index contributed by atoms with van der Waals surface area (Å²) in [7, 11) is 0. The monoisotopic (exact) mass is 170 g/mol. The van der Waals surface area contributed by atoms with Gasteiger partial charge in [0.15, 0.2) is 0 Å². The highest BCUT2D eigenvalue weighted by Crippen LogP contribution is 2.32. The highest BCUT2D eigenvalue weighted by molar-refractivity contribution is 4.71. The van der Waals surface area contributed by atoms with Gasteiger partial charge in [0.2, 0.25) is 0 Å². The molecule has 0 spiro atoms. The quantitative estimate of drug-likeness (QED) is 0.566. The zero-order chi connectivity index (χ0) is 9.40. The minimum absolute atomic E-state index is 1.02. The van der Waals surface area contributed by atoms with Crippen LogP contribution < -0.4 is 0 Å². The van der Waals surface area contributed by atoms with Gasteiger partial charge in [-0.15, -0.1) is 0 Å². The Balaban J connectivity index is 0.000000561. The molecule has 0 aromatic rings. The predicted molar refractivity (Wildman–Crippen MR) is 57.4 cm³/mol. The highest BCUT2D eigenvalue weighted by atomic mass is 14.2. The molecule has 0 heterocycles. The van der Waals surface area contributed by atoms with E-state index in [2.05, 4.69) is 13.8 Å². The maximum Gasteiger partial charge on any atom is -0.0389 e. The third-order valence-electron chi connectivity index (χ3n) is 2.95. The van der Waals surface area contributed by atoms with Crippen molar-refractivity contribution in [1.29, 1.82) is 0 Å². The largest absolute Gasteiger partial charge is 0.0683 e.